The van der Waals surface area contributed by atoms with Crippen LogP contribution in [0.1, 0.15) is 182 Å². The highest BCUT2D eigenvalue weighted by Crippen LogP contribution is 2.45. The van der Waals surface area contributed by atoms with Crippen LogP contribution in [0.4, 0.5) is 16.2 Å². The Bertz CT molecular complexity index is 3000. The highest BCUT2D eigenvalue weighted by Gasteiger charge is 2.41. The van der Waals surface area contributed by atoms with E-state index in [0.717, 1.165) is 86.2 Å². The first-order valence-electron chi connectivity index (χ1n) is 33.0. The number of hydrogen-bond donors (Lipinski definition) is 6. The SMILES string of the molecule is COC(=O)CCC(CCC(=O)OC)(CCC(=O)OC)NC(=O)CCC(CCC(=O)NC(CCC(=O)OC)(CCC(=O)OC)CCC(=O)OC)(CCC(=O)NC(CCC(=O)OC)(CCC(=O)OC)CCC(=O)OC)NC(=O)c1ccc(N)c(NC(=O)OCC2c3ccccc3-c3ccccc32)c1. The van der Waals surface area contributed by atoms with Crippen molar-refractivity contribution in [2.75, 3.05) is 81.6 Å². The third-order valence-corrected chi connectivity index (χ3v) is 18.3. The van der Waals surface area contributed by atoms with Gasteiger partial charge in [-0.25, -0.2) is 4.79 Å². The Morgan fingerprint density at radius 2 is 0.604 bits per heavy atom. The minimum Gasteiger partial charge on any atom is -0.469 e. The van der Waals surface area contributed by atoms with Crippen molar-refractivity contribution in [2.24, 2.45) is 0 Å². The number of methoxy groups -OCH3 is 9. The van der Waals surface area contributed by atoms with Crippen molar-refractivity contribution in [1.29, 1.82) is 0 Å². The van der Waals surface area contributed by atoms with E-state index in [-0.39, 0.29) is 145 Å². The van der Waals surface area contributed by atoms with Gasteiger partial charge in [-0.05, 0) is 118 Å². The summed E-state index contributed by atoms with van der Waals surface area (Å²) in [5.41, 5.74) is 3.57. The molecule has 0 bridgehead atoms. The monoisotopic (exact) mass is 1420 g/mol. The van der Waals surface area contributed by atoms with Crippen LogP contribution in [0.25, 0.3) is 11.1 Å². The number of fused-ring (bicyclic) bond motifs is 3. The topological polar surface area (TPSA) is 417 Å². The number of esters is 9. The number of rotatable bonds is 44. The Morgan fingerprint density at radius 1 is 0.347 bits per heavy atom. The Hall–Kier alpha value is -10.2. The molecule has 0 atom stereocenters. The molecule has 1 aliphatic rings. The van der Waals surface area contributed by atoms with E-state index in [4.69, 9.17) is 53.1 Å². The zero-order valence-electron chi connectivity index (χ0n) is 59.0. The van der Waals surface area contributed by atoms with Crippen LogP contribution in [-0.2, 0) is 105 Å². The zero-order chi connectivity index (χ0) is 74.8. The van der Waals surface area contributed by atoms with Crippen LogP contribution in [0.3, 0.4) is 0 Å². The van der Waals surface area contributed by atoms with Gasteiger partial charge in [0.1, 0.15) is 6.61 Å². The molecule has 554 valence electrons. The summed E-state index contributed by atoms with van der Waals surface area (Å²) in [7, 11) is 10.3. The van der Waals surface area contributed by atoms with Gasteiger partial charge in [0.05, 0.1) is 75.4 Å². The number of nitrogens with two attached hydrogens (primary N) is 1. The van der Waals surface area contributed by atoms with E-state index in [1.807, 2.05) is 48.5 Å². The van der Waals surface area contributed by atoms with Crippen molar-refractivity contribution in [1.82, 2.24) is 21.3 Å². The predicted molar refractivity (Wildman–Crippen MR) is 361 cm³/mol. The zero-order valence-corrected chi connectivity index (χ0v) is 59.0. The molecular formula is C71H96N6O24. The number of hydrogen-bond acceptors (Lipinski definition) is 25. The smallest absolute Gasteiger partial charge is 0.411 e. The highest BCUT2D eigenvalue weighted by molar-refractivity contribution is 5.99. The lowest BCUT2D eigenvalue weighted by molar-refractivity contribution is -0.144. The molecule has 4 rings (SSSR count). The van der Waals surface area contributed by atoms with E-state index in [9.17, 15) is 62.3 Å². The molecule has 0 unspecified atom stereocenters. The molecule has 101 heavy (non-hydrogen) atoms. The minimum absolute atomic E-state index is 0.00780. The molecule has 0 fully saturated rings. The predicted octanol–water partition coefficient (Wildman–Crippen LogP) is 6.58. The molecule has 5 amide bonds. The van der Waals surface area contributed by atoms with Gasteiger partial charge in [-0.1, -0.05) is 48.5 Å². The summed E-state index contributed by atoms with van der Waals surface area (Å²) in [4.78, 5) is 189. The number of carbonyl (C=O) groups excluding carboxylic acids is 14. The molecule has 30 nitrogen and oxygen atoms in total. The molecule has 0 saturated heterocycles. The van der Waals surface area contributed by atoms with Crippen molar-refractivity contribution in [2.45, 2.75) is 182 Å². The summed E-state index contributed by atoms with van der Waals surface area (Å²) in [6.07, 6.45) is -8.53. The summed E-state index contributed by atoms with van der Waals surface area (Å²) in [6, 6.07) is 19.3. The number of ether oxygens (including phenoxy) is 10. The fraction of sp³-hybridized carbons (Fsp3) is 0.549. The number of nitrogen functional groups attached to an aromatic ring is 1. The molecule has 0 heterocycles. The van der Waals surface area contributed by atoms with Crippen LogP contribution < -0.4 is 32.3 Å². The third kappa shape index (κ3) is 27.1. The maximum Gasteiger partial charge on any atom is 0.411 e. The highest BCUT2D eigenvalue weighted by atomic mass is 16.6. The molecule has 0 aromatic heterocycles. The normalized spacial score (nSPS) is 11.8. The molecule has 0 aliphatic heterocycles. The van der Waals surface area contributed by atoms with Gasteiger partial charge >= 0.3 is 59.8 Å². The first kappa shape index (κ1) is 83.3. The van der Waals surface area contributed by atoms with Crippen LogP contribution in [0.2, 0.25) is 0 Å². The Balaban J connectivity index is 1.96. The van der Waals surface area contributed by atoms with E-state index in [1.54, 1.807) is 0 Å². The van der Waals surface area contributed by atoms with E-state index < -0.39 is 144 Å². The summed E-state index contributed by atoms with van der Waals surface area (Å²) in [5.74, 6) is -9.94. The van der Waals surface area contributed by atoms with Crippen molar-refractivity contribution >= 4 is 94.8 Å². The van der Waals surface area contributed by atoms with Gasteiger partial charge in [-0.15, -0.1) is 0 Å². The number of nitrogens with one attached hydrogen (secondary N) is 5. The molecule has 0 spiro atoms. The lowest BCUT2D eigenvalue weighted by Crippen LogP contribution is -2.54. The lowest BCUT2D eigenvalue weighted by Gasteiger charge is -2.39. The van der Waals surface area contributed by atoms with Gasteiger partial charge in [0.2, 0.25) is 17.7 Å². The van der Waals surface area contributed by atoms with Crippen molar-refractivity contribution in [3.05, 3.63) is 83.4 Å². The molecule has 3 aromatic carbocycles. The van der Waals surface area contributed by atoms with E-state index >= 15 is 4.79 Å². The minimum atomic E-state index is -1.91. The van der Waals surface area contributed by atoms with Gasteiger partial charge in [-0.3, -0.25) is 67.6 Å². The van der Waals surface area contributed by atoms with E-state index in [0.29, 0.717) is 0 Å². The Morgan fingerprint density at radius 3 is 0.881 bits per heavy atom. The summed E-state index contributed by atoms with van der Waals surface area (Å²) in [6.45, 7) is -0.0912. The first-order chi connectivity index (χ1) is 48.1. The number of carbonyl (C=O) groups is 14. The van der Waals surface area contributed by atoms with Crippen molar-refractivity contribution < 1.29 is 114 Å². The van der Waals surface area contributed by atoms with Gasteiger partial charge in [0.25, 0.3) is 5.91 Å². The molecule has 0 radical (unpaired) electrons. The van der Waals surface area contributed by atoms with Crippen LogP contribution in [0.5, 0.6) is 0 Å². The maximum absolute atomic E-state index is 15.4. The van der Waals surface area contributed by atoms with Gasteiger partial charge < -0.3 is 74.4 Å². The largest absolute Gasteiger partial charge is 0.469 e. The van der Waals surface area contributed by atoms with Gasteiger partial charge in [-0.2, -0.15) is 0 Å². The lowest BCUT2D eigenvalue weighted by atomic mass is 9.80. The molecule has 0 saturated carbocycles. The van der Waals surface area contributed by atoms with Gasteiger partial charge in [0.15, 0.2) is 0 Å². The molecule has 7 N–H and O–H groups in total. The summed E-state index contributed by atoms with van der Waals surface area (Å²) < 4.78 is 50.1. The van der Waals surface area contributed by atoms with Crippen LogP contribution in [-0.4, -0.2) is 176 Å². The molecule has 1 aliphatic carbocycles. The second-order valence-electron chi connectivity index (χ2n) is 24.7. The molecule has 3 aromatic rings. The second-order valence-corrected chi connectivity index (χ2v) is 24.7. The number of amides is 5. The van der Waals surface area contributed by atoms with Crippen LogP contribution in [0.15, 0.2) is 66.7 Å². The van der Waals surface area contributed by atoms with E-state index in [1.165, 1.54) is 18.2 Å². The fourth-order valence-electron chi connectivity index (χ4n) is 12.2. The molecule has 30 heteroatoms. The number of benzene rings is 3. The second kappa shape index (κ2) is 41.4. The van der Waals surface area contributed by atoms with Crippen LogP contribution >= 0.6 is 0 Å². The Labute approximate surface area is 586 Å². The standard InChI is InChI=1S/C71H96N6O24/c1-92-57(81)23-35-68(36-24-58(82)93-2,37-25-59(83)94-3)74-54(78)20-32-71(33-21-55(79)75-69(38-26-60(84)95-4,39-27-61(85)96-5)40-28-62(86)97-6,34-22-56(80)76-70(41-29-63(87)98-7,42-30-64(88)99-8)43-31-65(89)100-9)77-66(90)46-18-19-52(72)53(44-46)73-67(91)101-45-51-49-16-12-10-14-47(49)48-15-11-13-17-50(48)51/h10-19,44,51H,20-43,45,72H2,1-9H3,(H,73,91)(H,74,78)(H,75,79)(H,76,80)(H,77,90). The summed E-state index contributed by atoms with van der Waals surface area (Å²) >= 11 is 0. The van der Waals surface area contributed by atoms with E-state index in [2.05, 4.69) is 26.6 Å². The average Bonchev–Trinajstić information content (AvgIpc) is 1.62. The summed E-state index contributed by atoms with van der Waals surface area (Å²) in [5, 5.41) is 14.4. The van der Waals surface area contributed by atoms with Gasteiger partial charge in [0, 0.05) is 111 Å². The molecular weight excluding hydrogens is 1320 g/mol. The maximum atomic E-state index is 15.4. The van der Waals surface area contributed by atoms with Crippen LogP contribution in [0, 0.1) is 0 Å². The third-order valence-electron chi connectivity index (χ3n) is 18.3. The Kier molecular flexibility index (Phi) is 34.1. The fourth-order valence-corrected chi connectivity index (χ4v) is 12.2. The van der Waals surface area contributed by atoms with Crippen molar-refractivity contribution in [3.8, 4) is 11.1 Å². The average molecular weight is 1420 g/mol. The first-order valence-corrected chi connectivity index (χ1v) is 33.0. The number of anilines is 2. The van der Waals surface area contributed by atoms with Crippen molar-refractivity contribution in [3.63, 3.8) is 0 Å². The quantitative estimate of drug-likeness (QED) is 0.0198.